The summed E-state index contributed by atoms with van der Waals surface area (Å²) in [5.41, 5.74) is 1.15. The van der Waals surface area contributed by atoms with Crippen molar-refractivity contribution >= 4 is 34.2 Å². The van der Waals surface area contributed by atoms with Crippen molar-refractivity contribution in [2.45, 2.75) is 12.7 Å². The number of hydrogen-bond donors (Lipinski definition) is 2. The Bertz CT molecular complexity index is 1900. The summed E-state index contributed by atoms with van der Waals surface area (Å²) in [6.07, 6.45) is -2.83. The molecule has 3 heterocycles. The topological polar surface area (TPSA) is 95.8 Å². The van der Waals surface area contributed by atoms with Crippen molar-refractivity contribution in [3.05, 3.63) is 94.6 Å². The van der Waals surface area contributed by atoms with E-state index < -0.39 is 17.6 Å². The molecule has 0 atom stereocenters. The first-order valence-electron chi connectivity index (χ1n) is 14.5. The van der Waals surface area contributed by atoms with Crippen LogP contribution in [0.25, 0.3) is 22.4 Å². The molecule has 1 amide bonds. The number of nitrogens with zero attached hydrogens (tertiary/aromatic N) is 5. The molecule has 46 heavy (non-hydrogen) atoms. The Labute approximate surface area is 267 Å². The molecule has 9 nitrogen and oxygen atoms in total. The number of aryl methyl sites for hydroxylation is 1. The van der Waals surface area contributed by atoms with Gasteiger partial charge >= 0.3 is 6.18 Å². The van der Waals surface area contributed by atoms with E-state index in [1.165, 1.54) is 36.4 Å². The molecule has 0 saturated carbocycles. The van der Waals surface area contributed by atoms with Gasteiger partial charge in [0.25, 0.3) is 5.91 Å². The van der Waals surface area contributed by atoms with E-state index in [0.717, 1.165) is 19.2 Å². The van der Waals surface area contributed by atoms with Gasteiger partial charge in [0, 0.05) is 63.2 Å². The fourth-order valence-corrected chi connectivity index (χ4v) is 5.47. The maximum atomic E-state index is 14.1. The minimum Gasteiger partial charge on any atom is -0.508 e. The predicted molar refractivity (Wildman–Crippen MR) is 169 cm³/mol. The summed E-state index contributed by atoms with van der Waals surface area (Å²) in [6.45, 7) is 3.02. The van der Waals surface area contributed by atoms with Crippen LogP contribution in [-0.4, -0.2) is 68.6 Å². The second-order valence-electron chi connectivity index (χ2n) is 11.2. The molecule has 1 saturated heterocycles. The Kier molecular flexibility index (Phi) is 8.60. The number of aromatic nitrogens is 3. The summed E-state index contributed by atoms with van der Waals surface area (Å²) >= 11 is 6.39. The van der Waals surface area contributed by atoms with E-state index in [-0.39, 0.29) is 45.8 Å². The van der Waals surface area contributed by atoms with Crippen LogP contribution in [0.2, 0.25) is 5.02 Å². The number of aromatic hydroxyl groups is 1. The number of benzene rings is 3. The number of carbonyl (C=O) groups is 1. The van der Waals surface area contributed by atoms with Crippen molar-refractivity contribution in [3.63, 3.8) is 0 Å². The van der Waals surface area contributed by atoms with E-state index >= 15 is 0 Å². The minimum absolute atomic E-state index is 0.105. The molecule has 0 aliphatic carbocycles. The smallest absolute Gasteiger partial charge is 0.416 e. The number of phenols is 1. The average Bonchev–Trinajstić information content (AvgIpc) is 3.40. The standard InChI is InChI=1S/C33H30ClF3N6O3/c1-41-13-15-43(16-14-41)19-22-4-3-21(17-25(22)33(35,36)37)31(45)39-28-18-24(9-10-26(28)34)46-32-29-27(11-12-42(29)2)38-30(40-32)20-5-7-23(44)8-6-20/h3-12,17-18,44H,13-16,19H2,1-2H3,(H,39,45). The summed E-state index contributed by atoms with van der Waals surface area (Å²) in [7, 11) is 3.80. The maximum Gasteiger partial charge on any atom is 0.416 e. The number of carbonyl (C=O) groups excluding carboxylic acids is 1. The second-order valence-corrected chi connectivity index (χ2v) is 11.6. The van der Waals surface area contributed by atoms with Crippen molar-refractivity contribution in [1.82, 2.24) is 24.3 Å². The Morgan fingerprint density at radius 3 is 2.43 bits per heavy atom. The van der Waals surface area contributed by atoms with Gasteiger partial charge in [-0.2, -0.15) is 18.2 Å². The molecule has 5 aromatic rings. The molecule has 0 unspecified atom stereocenters. The van der Waals surface area contributed by atoms with Gasteiger partial charge in [-0.25, -0.2) is 4.98 Å². The number of rotatable bonds is 7. The molecular weight excluding hydrogens is 621 g/mol. The Hall–Kier alpha value is -4.65. The van der Waals surface area contributed by atoms with Gasteiger partial charge in [0.05, 0.1) is 21.8 Å². The summed E-state index contributed by atoms with van der Waals surface area (Å²) in [5.74, 6) is 0.222. The normalized spacial score (nSPS) is 14.5. The zero-order valence-corrected chi connectivity index (χ0v) is 25.7. The molecule has 0 spiro atoms. The van der Waals surface area contributed by atoms with Crippen molar-refractivity contribution in [2.75, 3.05) is 38.5 Å². The van der Waals surface area contributed by atoms with Crippen molar-refractivity contribution in [2.24, 2.45) is 7.05 Å². The number of hydrogen-bond acceptors (Lipinski definition) is 7. The highest BCUT2D eigenvalue weighted by molar-refractivity contribution is 6.34. The van der Waals surface area contributed by atoms with Gasteiger partial charge in [0.2, 0.25) is 5.88 Å². The molecule has 1 fully saturated rings. The maximum absolute atomic E-state index is 14.1. The summed E-state index contributed by atoms with van der Waals surface area (Å²) in [5, 5.41) is 12.5. The van der Waals surface area contributed by atoms with Crippen LogP contribution >= 0.6 is 11.6 Å². The number of alkyl halides is 3. The molecule has 2 aromatic heterocycles. The van der Waals surface area contributed by atoms with Crippen LogP contribution in [0, 0.1) is 0 Å². The lowest BCUT2D eigenvalue weighted by Crippen LogP contribution is -2.44. The lowest BCUT2D eigenvalue weighted by molar-refractivity contribution is -0.138. The summed E-state index contributed by atoms with van der Waals surface area (Å²) in [6, 6.07) is 16.4. The fraction of sp³-hybridized carbons (Fsp3) is 0.242. The van der Waals surface area contributed by atoms with Crippen LogP contribution in [0.4, 0.5) is 18.9 Å². The van der Waals surface area contributed by atoms with Crippen molar-refractivity contribution < 1.29 is 27.8 Å². The molecule has 3 aromatic carbocycles. The third-order valence-electron chi connectivity index (χ3n) is 7.88. The first kappa shape index (κ1) is 31.3. The molecule has 13 heteroatoms. The van der Waals surface area contributed by atoms with Gasteiger partial charge in [-0.1, -0.05) is 17.7 Å². The zero-order valence-electron chi connectivity index (χ0n) is 25.0. The number of piperazine rings is 1. The monoisotopic (exact) mass is 650 g/mol. The van der Waals surface area contributed by atoms with Crippen molar-refractivity contribution in [3.8, 4) is 28.8 Å². The Morgan fingerprint density at radius 1 is 0.978 bits per heavy atom. The lowest BCUT2D eigenvalue weighted by atomic mass is 10.0. The highest BCUT2D eigenvalue weighted by Crippen LogP contribution is 2.36. The molecule has 2 N–H and O–H groups in total. The van der Waals surface area contributed by atoms with Gasteiger partial charge in [-0.05, 0) is 67.2 Å². The van der Waals surface area contributed by atoms with E-state index in [9.17, 15) is 23.1 Å². The quantitative estimate of drug-likeness (QED) is 0.200. The molecule has 0 radical (unpaired) electrons. The predicted octanol–water partition coefficient (Wildman–Crippen LogP) is 6.81. The zero-order chi connectivity index (χ0) is 32.6. The van der Waals surface area contributed by atoms with E-state index in [4.69, 9.17) is 16.3 Å². The average molecular weight is 651 g/mol. The Morgan fingerprint density at radius 2 is 1.72 bits per heavy atom. The number of nitrogens with one attached hydrogen (secondary N) is 1. The first-order valence-corrected chi connectivity index (χ1v) is 14.8. The van der Waals surface area contributed by atoms with E-state index in [0.29, 0.717) is 35.5 Å². The number of fused-ring (bicyclic) bond motifs is 1. The SMILES string of the molecule is CN1CCN(Cc2ccc(C(=O)Nc3cc(Oc4nc(-c5ccc(O)cc5)nc5ccn(C)c45)ccc3Cl)cc2C(F)(F)F)CC1. The van der Waals surface area contributed by atoms with Gasteiger partial charge in [-0.15, -0.1) is 0 Å². The van der Waals surface area contributed by atoms with Gasteiger partial charge in [-0.3, -0.25) is 9.69 Å². The number of phenolic OH excluding ortho intramolecular Hbond substituents is 1. The van der Waals surface area contributed by atoms with Gasteiger partial charge in [0.1, 0.15) is 17.0 Å². The number of halogens is 4. The molecule has 1 aliphatic rings. The molecule has 6 rings (SSSR count). The highest BCUT2D eigenvalue weighted by Gasteiger charge is 2.34. The third kappa shape index (κ3) is 6.79. The van der Waals surface area contributed by atoms with Crippen LogP contribution in [0.1, 0.15) is 21.5 Å². The van der Waals surface area contributed by atoms with Crippen molar-refractivity contribution in [1.29, 1.82) is 0 Å². The van der Waals surface area contributed by atoms with Crippen LogP contribution in [0.5, 0.6) is 17.4 Å². The second kappa shape index (κ2) is 12.6. The number of anilines is 1. The van der Waals surface area contributed by atoms with Gasteiger partial charge < -0.3 is 24.6 Å². The summed E-state index contributed by atoms with van der Waals surface area (Å²) in [4.78, 5) is 26.6. The van der Waals surface area contributed by atoms with E-state index in [1.807, 2.05) is 31.3 Å². The summed E-state index contributed by atoms with van der Waals surface area (Å²) < 4.78 is 50.3. The van der Waals surface area contributed by atoms with E-state index in [2.05, 4.69) is 20.2 Å². The highest BCUT2D eigenvalue weighted by atomic mass is 35.5. The number of likely N-dealkylation sites (N-methyl/N-ethyl adjacent to an activating group) is 1. The largest absolute Gasteiger partial charge is 0.508 e. The Balaban J connectivity index is 1.25. The molecule has 1 aliphatic heterocycles. The van der Waals surface area contributed by atoms with Crippen LogP contribution in [0.15, 0.2) is 72.9 Å². The van der Waals surface area contributed by atoms with Gasteiger partial charge in [0.15, 0.2) is 5.82 Å². The molecule has 238 valence electrons. The first-order chi connectivity index (χ1) is 21.9. The molecule has 0 bridgehead atoms. The number of ether oxygens (including phenoxy) is 1. The third-order valence-corrected chi connectivity index (χ3v) is 8.21. The van der Waals surface area contributed by atoms with E-state index in [1.54, 1.807) is 22.8 Å². The fourth-order valence-electron chi connectivity index (χ4n) is 5.30. The molecular formula is C33H30ClF3N6O3. The lowest BCUT2D eigenvalue weighted by Gasteiger charge is -2.33. The van der Waals surface area contributed by atoms with Crippen LogP contribution in [0.3, 0.4) is 0 Å². The minimum atomic E-state index is -4.64. The van der Waals surface area contributed by atoms with Crippen LogP contribution < -0.4 is 10.1 Å². The van der Waals surface area contributed by atoms with Crippen LogP contribution in [-0.2, 0) is 19.8 Å². The number of amides is 1.